The van der Waals surface area contributed by atoms with Crippen molar-refractivity contribution in [3.8, 4) is 11.5 Å². The van der Waals surface area contributed by atoms with Gasteiger partial charge in [0.2, 0.25) is 6.79 Å². The maximum atomic E-state index is 6.24. The average molecular weight is 346 g/mol. The molecular formula is C19H26N2O4. The largest absolute Gasteiger partial charge is 0.454 e. The lowest BCUT2D eigenvalue weighted by Crippen LogP contribution is -2.51. The van der Waals surface area contributed by atoms with E-state index in [4.69, 9.17) is 18.9 Å². The van der Waals surface area contributed by atoms with Crippen molar-refractivity contribution >= 4 is 0 Å². The molecule has 5 rings (SSSR count). The number of rotatable bonds is 3. The third-order valence-corrected chi connectivity index (χ3v) is 5.94. The summed E-state index contributed by atoms with van der Waals surface area (Å²) in [5.74, 6) is 1.73. The van der Waals surface area contributed by atoms with E-state index in [2.05, 4.69) is 21.9 Å². The van der Waals surface area contributed by atoms with Gasteiger partial charge in [0.15, 0.2) is 11.5 Å². The van der Waals surface area contributed by atoms with Gasteiger partial charge in [0.05, 0.1) is 25.4 Å². The zero-order chi connectivity index (χ0) is 16.6. The first-order chi connectivity index (χ1) is 12.4. The van der Waals surface area contributed by atoms with Gasteiger partial charge in [0.25, 0.3) is 0 Å². The van der Waals surface area contributed by atoms with Crippen LogP contribution < -0.4 is 9.47 Å². The molecule has 0 bridgehead atoms. The Hall–Kier alpha value is -1.34. The molecule has 4 heterocycles. The fourth-order valence-electron chi connectivity index (χ4n) is 4.71. The van der Waals surface area contributed by atoms with Crippen LogP contribution in [-0.4, -0.2) is 74.2 Å². The Morgan fingerprint density at radius 1 is 1.00 bits per heavy atom. The zero-order valence-corrected chi connectivity index (χ0v) is 14.6. The van der Waals surface area contributed by atoms with Gasteiger partial charge in [-0.2, -0.15) is 0 Å². The number of ether oxygens (including phenoxy) is 4. The minimum Gasteiger partial charge on any atom is -0.454 e. The van der Waals surface area contributed by atoms with Crippen molar-refractivity contribution < 1.29 is 18.9 Å². The van der Waals surface area contributed by atoms with Crippen LogP contribution in [-0.2, 0) is 16.0 Å². The third kappa shape index (κ3) is 3.01. The Morgan fingerprint density at radius 3 is 2.80 bits per heavy atom. The maximum Gasteiger partial charge on any atom is 0.231 e. The van der Waals surface area contributed by atoms with Gasteiger partial charge < -0.3 is 18.9 Å². The molecule has 4 aliphatic rings. The molecule has 6 heteroatoms. The zero-order valence-electron chi connectivity index (χ0n) is 14.6. The summed E-state index contributed by atoms with van der Waals surface area (Å²) in [5.41, 5.74) is 1.29. The lowest BCUT2D eigenvalue weighted by atomic mass is 9.99. The Bertz CT molecular complexity index is 619. The van der Waals surface area contributed by atoms with Crippen LogP contribution in [0.1, 0.15) is 18.4 Å². The van der Waals surface area contributed by atoms with E-state index in [1.807, 2.05) is 6.07 Å². The monoisotopic (exact) mass is 346 g/mol. The number of hydrogen-bond acceptors (Lipinski definition) is 6. The number of likely N-dealkylation sites (tertiary alicyclic amines) is 1. The third-order valence-electron chi connectivity index (χ3n) is 5.94. The molecular weight excluding hydrogens is 320 g/mol. The minimum absolute atomic E-state index is 0.333. The van der Waals surface area contributed by atoms with E-state index in [9.17, 15) is 0 Å². The summed E-state index contributed by atoms with van der Waals surface area (Å²) in [6.45, 7) is 6.99. The van der Waals surface area contributed by atoms with E-state index in [1.54, 1.807) is 0 Å². The van der Waals surface area contributed by atoms with Crippen molar-refractivity contribution in [1.29, 1.82) is 0 Å². The number of morpholine rings is 1. The molecule has 0 aliphatic carbocycles. The SMILES string of the molecule is c1cc2c(cc1CN1C[C@H](N3CCOCC3)[C@@H]3OCCC[C@@H]31)OCO2. The predicted octanol–water partition coefficient (Wildman–Crippen LogP) is 1.48. The second-order valence-corrected chi connectivity index (χ2v) is 7.38. The van der Waals surface area contributed by atoms with E-state index in [-0.39, 0.29) is 0 Å². The molecule has 0 N–H and O–H groups in total. The normalized spacial score (nSPS) is 32.7. The summed E-state index contributed by atoms with van der Waals surface area (Å²) in [6.07, 6.45) is 2.73. The van der Waals surface area contributed by atoms with Crippen molar-refractivity contribution in [2.24, 2.45) is 0 Å². The predicted molar refractivity (Wildman–Crippen MR) is 91.9 cm³/mol. The first-order valence-corrected chi connectivity index (χ1v) is 9.44. The first-order valence-electron chi connectivity index (χ1n) is 9.44. The molecule has 6 nitrogen and oxygen atoms in total. The van der Waals surface area contributed by atoms with Crippen LogP contribution in [0.5, 0.6) is 11.5 Å². The maximum absolute atomic E-state index is 6.24. The van der Waals surface area contributed by atoms with Gasteiger partial charge in [-0.1, -0.05) is 6.07 Å². The highest BCUT2D eigenvalue weighted by atomic mass is 16.7. The molecule has 0 radical (unpaired) electrons. The van der Waals surface area contributed by atoms with Crippen LogP contribution in [0, 0.1) is 0 Å². The van der Waals surface area contributed by atoms with Gasteiger partial charge in [-0.3, -0.25) is 9.80 Å². The molecule has 3 atom stereocenters. The standard InChI is InChI=1S/C19H26N2O4/c1-2-15-19(23-7-1)16(20-5-8-22-9-6-20)12-21(15)11-14-3-4-17-18(10-14)25-13-24-17/h3-4,10,15-16,19H,1-2,5-9,11-13H2/t15-,16-,19+/m0/s1. The fraction of sp³-hybridized carbons (Fsp3) is 0.684. The van der Waals surface area contributed by atoms with Crippen molar-refractivity contribution in [2.75, 3.05) is 46.2 Å². The molecule has 0 amide bonds. The Kier molecular flexibility index (Phi) is 4.29. The highest BCUT2D eigenvalue weighted by molar-refractivity contribution is 5.44. The van der Waals surface area contributed by atoms with E-state index < -0.39 is 0 Å². The van der Waals surface area contributed by atoms with Crippen LogP contribution in [0.25, 0.3) is 0 Å². The summed E-state index contributed by atoms with van der Waals surface area (Å²) in [6, 6.07) is 7.33. The van der Waals surface area contributed by atoms with Gasteiger partial charge in [-0.05, 0) is 30.5 Å². The van der Waals surface area contributed by atoms with Crippen LogP contribution in [0.15, 0.2) is 18.2 Å². The second kappa shape index (κ2) is 6.76. The summed E-state index contributed by atoms with van der Waals surface area (Å²) in [4.78, 5) is 5.19. The Labute approximate surface area is 148 Å². The topological polar surface area (TPSA) is 43.4 Å². The molecule has 0 aromatic heterocycles. The molecule has 3 fully saturated rings. The molecule has 1 aromatic carbocycles. The lowest BCUT2D eigenvalue weighted by Gasteiger charge is -2.37. The van der Waals surface area contributed by atoms with Crippen LogP contribution >= 0.6 is 0 Å². The molecule has 136 valence electrons. The summed E-state index contributed by atoms with van der Waals surface area (Å²) >= 11 is 0. The van der Waals surface area contributed by atoms with Crippen LogP contribution in [0.4, 0.5) is 0 Å². The Morgan fingerprint density at radius 2 is 1.88 bits per heavy atom. The van der Waals surface area contributed by atoms with Gasteiger partial charge in [0, 0.05) is 38.8 Å². The van der Waals surface area contributed by atoms with E-state index >= 15 is 0 Å². The quantitative estimate of drug-likeness (QED) is 0.826. The van der Waals surface area contributed by atoms with Crippen molar-refractivity contribution in [3.63, 3.8) is 0 Å². The van der Waals surface area contributed by atoms with Gasteiger partial charge in [-0.15, -0.1) is 0 Å². The van der Waals surface area contributed by atoms with Crippen molar-refractivity contribution in [2.45, 2.75) is 37.6 Å². The molecule has 0 unspecified atom stereocenters. The molecule has 4 aliphatic heterocycles. The summed E-state index contributed by atoms with van der Waals surface area (Å²) < 4.78 is 22.7. The van der Waals surface area contributed by atoms with Crippen LogP contribution in [0.3, 0.4) is 0 Å². The highest BCUT2D eigenvalue weighted by Gasteiger charge is 2.46. The van der Waals surface area contributed by atoms with E-state index in [1.165, 1.54) is 12.0 Å². The minimum atomic E-state index is 0.333. The first kappa shape index (κ1) is 15.9. The van der Waals surface area contributed by atoms with Gasteiger partial charge in [-0.25, -0.2) is 0 Å². The van der Waals surface area contributed by atoms with Gasteiger partial charge >= 0.3 is 0 Å². The number of hydrogen-bond donors (Lipinski definition) is 0. The van der Waals surface area contributed by atoms with E-state index in [0.29, 0.717) is 25.0 Å². The lowest BCUT2D eigenvalue weighted by molar-refractivity contribution is -0.0593. The molecule has 25 heavy (non-hydrogen) atoms. The van der Waals surface area contributed by atoms with Crippen LogP contribution in [0.2, 0.25) is 0 Å². The van der Waals surface area contributed by atoms with E-state index in [0.717, 1.165) is 63.9 Å². The van der Waals surface area contributed by atoms with Gasteiger partial charge in [0.1, 0.15) is 0 Å². The number of nitrogens with zero attached hydrogens (tertiary/aromatic N) is 2. The van der Waals surface area contributed by atoms with Crippen molar-refractivity contribution in [1.82, 2.24) is 9.80 Å². The molecule has 3 saturated heterocycles. The molecule has 0 spiro atoms. The highest BCUT2D eigenvalue weighted by Crippen LogP contribution is 2.36. The number of benzene rings is 1. The smallest absolute Gasteiger partial charge is 0.231 e. The Balaban J connectivity index is 1.33. The average Bonchev–Trinajstić information content (AvgIpc) is 3.27. The second-order valence-electron chi connectivity index (χ2n) is 7.38. The molecule has 1 aromatic rings. The fourth-order valence-corrected chi connectivity index (χ4v) is 4.71. The summed E-state index contributed by atoms with van der Waals surface area (Å²) in [5, 5.41) is 0. The summed E-state index contributed by atoms with van der Waals surface area (Å²) in [7, 11) is 0. The number of fused-ring (bicyclic) bond motifs is 2. The van der Waals surface area contributed by atoms with Crippen molar-refractivity contribution in [3.05, 3.63) is 23.8 Å². The molecule has 0 saturated carbocycles.